The van der Waals surface area contributed by atoms with Crippen molar-refractivity contribution in [3.8, 4) is 0 Å². The van der Waals surface area contributed by atoms with Crippen molar-refractivity contribution in [1.29, 1.82) is 0 Å². The second-order valence-electron chi connectivity index (χ2n) is 38.4. The first-order valence-electron chi connectivity index (χ1n) is 42.1. The SMILES string of the molecule is CC1C(C)C(C)[N+]2(CCCC2)C1C.CC1CC(C)[N+]2(CCCC2)C1.CC1CC(C)[N+]2(CCCC2)C1C.CC1CCC(C)[N+]12CCCC2.CC1CCC[N+]12CCCC2.CC1CC[N+]2(CCCC2)C1C.CC1C[N+]2(CCCC2)C(C)C1C.CC1C[N+]2(CCCC2)CC1C.[CH3-].[CH3-].[CH3-].[CH3-].[CH3-].[CH3-].[CH3-].[CH3-]. The highest BCUT2D eigenvalue weighted by Gasteiger charge is 2.56. The van der Waals surface area contributed by atoms with Crippen molar-refractivity contribution in [3.63, 3.8) is 0 Å². The summed E-state index contributed by atoms with van der Waals surface area (Å²) in [6, 6.07) is 9.47. The third-order valence-corrected chi connectivity index (χ3v) is 34.2. The summed E-state index contributed by atoms with van der Waals surface area (Å²) in [7, 11) is 0. The van der Waals surface area contributed by atoms with Crippen LogP contribution in [0, 0.1) is 113 Å². The molecule has 16 rings (SSSR count). The van der Waals surface area contributed by atoms with E-state index >= 15 is 0 Å². The zero-order valence-electron chi connectivity index (χ0n) is 73.4. The minimum absolute atomic E-state index is 0. The van der Waals surface area contributed by atoms with Crippen molar-refractivity contribution >= 4 is 0 Å². The monoisotopic (exact) mass is 1400 g/mol. The molecule has 0 saturated carbocycles. The standard InChI is InChI=1S/C12H24N.2C11H22N.4C10H20N.C9H18N.8CH3/c1-9-10(2)12(4)13(11(9)3)7-5-6-8-13;1-9-8-12(6-4-5-7-12)11(3)10(9)2;1-9-8-10(2)12(11(9)3)6-4-5-7-12;1-9-5-6-10(2)11(9)7-3-4-8-11;1-9-5-8-11(10(9)2)6-3-4-7-11;1-9-7-11(8-10(9)2)5-3-4-6-11;1-9-7-10(2)11(8-9)5-3-4-6-11;1-9-5-4-8-10(9)6-2-3-7-10;;;;;;;;/h9-12H,5-8H2,1-4H3;2*9-11H,4-8H2,1-3H3;4*9-10H,3-8H2,1-2H3;9H,2-8H2,1H3;8*1H3/q8*+1;8*-1. The van der Waals surface area contributed by atoms with Crippen LogP contribution < -0.4 is 0 Å². The Hall–Kier alpha value is -0.320. The molecule has 16 saturated heterocycles. The van der Waals surface area contributed by atoms with E-state index in [2.05, 4.69) is 132 Å². The van der Waals surface area contributed by atoms with E-state index in [0.717, 1.165) is 114 Å². The van der Waals surface area contributed by atoms with E-state index in [1.807, 2.05) is 0 Å². The lowest BCUT2D eigenvalue weighted by atomic mass is 9.92. The number of rotatable bonds is 0. The van der Waals surface area contributed by atoms with Gasteiger partial charge in [0.25, 0.3) is 0 Å². The lowest BCUT2D eigenvalue weighted by Crippen LogP contribution is -2.53. The van der Waals surface area contributed by atoms with Crippen LogP contribution >= 0.6 is 0 Å². The molecule has 0 aliphatic carbocycles. The summed E-state index contributed by atoms with van der Waals surface area (Å²) in [6.45, 7) is 79.0. The maximum absolute atomic E-state index is 2.48. The van der Waals surface area contributed by atoms with Gasteiger partial charge in [-0.1, -0.05) is 62.3 Å². The van der Waals surface area contributed by atoms with Gasteiger partial charge in [-0.3, -0.25) is 0 Å². The van der Waals surface area contributed by atoms with Gasteiger partial charge >= 0.3 is 0 Å². The summed E-state index contributed by atoms with van der Waals surface area (Å²) in [5, 5.41) is 0. The molecule has 8 spiro atoms. The first kappa shape index (κ1) is 96.7. The maximum atomic E-state index is 2.48. The Kier molecular flexibility index (Phi) is 39.8. The van der Waals surface area contributed by atoms with E-state index in [0.29, 0.717) is 0 Å². The molecule has 19 unspecified atom stereocenters. The fourth-order valence-electron chi connectivity index (χ4n) is 26.4. The van der Waals surface area contributed by atoms with E-state index in [-0.39, 0.29) is 59.4 Å². The van der Waals surface area contributed by atoms with E-state index in [1.165, 1.54) is 328 Å². The van der Waals surface area contributed by atoms with Gasteiger partial charge < -0.3 is 95.3 Å². The summed E-state index contributed by atoms with van der Waals surface area (Å²) in [5.74, 6) is 8.64. The van der Waals surface area contributed by atoms with Gasteiger partial charge in [-0.25, -0.2) is 0 Å². The topological polar surface area (TPSA) is 0 Å². The quantitative estimate of drug-likeness (QED) is 0.168. The van der Waals surface area contributed by atoms with Gasteiger partial charge in [0.1, 0.15) is 0 Å². The molecule has 19 atom stereocenters. The number of quaternary nitrogens is 8. The zero-order chi connectivity index (χ0) is 65.8. The molecular formula is C91H190N8. The van der Waals surface area contributed by atoms with Crippen LogP contribution in [0.25, 0.3) is 0 Å². The van der Waals surface area contributed by atoms with Gasteiger partial charge in [-0.15, -0.1) is 0 Å². The number of hydrogen-bond donors (Lipinski definition) is 0. The molecule has 594 valence electrons. The van der Waals surface area contributed by atoms with Crippen LogP contribution in [0.1, 0.15) is 279 Å². The van der Waals surface area contributed by atoms with E-state index in [9.17, 15) is 0 Å². The highest BCUT2D eigenvalue weighted by molar-refractivity contribution is 4.86. The summed E-state index contributed by atoms with van der Waals surface area (Å²) in [6.07, 6.45) is 34.0. The maximum Gasteiger partial charge on any atom is 0.0894 e. The number of nitrogens with zero attached hydrogens (tertiary/aromatic N) is 8. The summed E-state index contributed by atoms with van der Waals surface area (Å²) < 4.78 is 11.7. The van der Waals surface area contributed by atoms with Gasteiger partial charge in [0.15, 0.2) is 0 Å². The molecule has 0 aromatic carbocycles. The molecule has 0 aromatic heterocycles. The Morgan fingerprint density at radius 2 is 0.566 bits per heavy atom. The average molecular weight is 1400 g/mol. The predicted octanol–water partition coefficient (Wildman–Crippen LogP) is 20.8. The van der Waals surface area contributed by atoms with E-state index in [4.69, 9.17) is 0 Å². The van der Waals surface area contributed by atoms with Crippen molar-refractivity contribution in [3.05, 3.63) is 59.4 Å². The van der Waals surface area contributed by atoms with Crippen LogP contribution in [-0.2, 0) is 0 Å². The minimum atomic E-state index is 0. The van der Waals surface area contributed by atoms with Gasteiger partial charge in [0.05, 0.1) is 204 Å². The Morgan fingerprint density at radius 1 is 0.192 bits per heavy atom. The van der Waals surface area contributed by atoms with Crippen molar-refractivity contribution < 1.29 is 35.9 Å². The van der Waals surface area contributed by atoms with Gasteiger partial charge in [0, 0.05) is 201 Å². The minimum Gasteiger partial charge on any atom is -0.358 e. The third-order valence-electron chi connectivity index (χ3n) is 34.2. The fraction of sp³-hybridized carbons (Fsp3) is 0.912. The fourth-order valence-corrected chi connectivity index (χ4v) is 26.4. The predicted molar refractivity (Wildman–Crippen MR) is 444 cm³/mol. The van der Waals surface area contributed by atoms with Crippen LogP contribution in [0.2, 0.25) is 0 Å². The van der Waals surface area contributed by atoms with Gasteiger partial charge in [-0.2, -0.15) is 0 Å². The van der Waals surface area contributed by atoms with E-state index in [1.54, 1.807) is 0 Å². The molecule has 99 heavy (non-hydrogen) atoms. The molecule has 8 heteroatoms. The normalized spacial score (nSPS) is 40.0. The lowest BCUT2D eigenvalue weighted by Gasteiger charge is -2.39. The average Bonchev–Trinajstić information content (AvgIpc) is 1.61. The second kappa shape index (κ2) is 40.8. The molecule has 16 aliphatic heterocycles. The molecular weight excluding hydrogens is 1210 g/mol. The second-order valence-corrected chi connectivity index (χ2v) is 38.4. The van der Waals surface area contributed by atoms with Crippen molar-refractivity contribution in [2.75, 3.05) is 144 Å². The van der Waals surface area contributed by atoms with Crippen LogP contribution in [0.15, 0.2) is 0 Å². The lowest BCUT2D eigenvalue weighted by molar-refractivity contribution is -0.949. The molecule has 0 radical (unpaired) electrons. The van der Waals surface area contributed by atoms with Gasteiger partial charge in [-0.05, 0) is 69.2 Å². The van der Waals surface area contributed by atoms with E-state index < -0.39 is 0 Å². The Morgan fingerprint density at radius 3 is 0.919 bits per heavy atom. The largest absolute Gasteiger partial charge is 0.358 e. The highest BCUT2D eigenvalue weighted by atomic mass is 15.5. The molecule has 16 aliphatic rings. The molecule has 16 fully saturated rings. The Bertz CT molecular complexity index is 2090. The first-order chi connectivity index (χ1) is 43.2. The van der Waals surface area contributed by atoms with Gasteiger partial charge in [0.2, 0.25) is 0 Å². The van der Waals surface area contributed by atoms with Crippen molar-refractivity contribution in [1.82, 2.24) is 0 Å². The first-order valence-corrected chi connectivity index (χ1v) is 42.1. The highest BCUT2D eigenvalue weighted by Crippen LogP contribution is 2.46. The zero-order valence-corrected chi connectivity index (χ0v) is 73.4. The molecule has 0 N–H and O–H groups in total. The Balaban J connectivity index is 0.000000560. The third kappa shape index (κ3) is 20.3. The molecule has 0 amide bonds. The van der Waals surface area contributed by atoms with Crippen LogP contribution in [0.5, 0.6) is 0 Å². The molecule has 0 bridgehead atoms. The van der Waals surface area contributed by atoms with Crippen molar-refractivity contribution in [2.45, 2.75) is 340 Å². The molecule has 8 nitrogen and oxygen atoms in total. The Labute approximate surface area is 628 Å². The van der Waals surface area contributed by atoms with Crippen LogP contribution in [0.4, 0.5) is 0 Å². The molecule has 0 aromatic rings. The number of hydrogen-bond acceptors (Lipinski definition) is 0. The summed E-state index contributed by atoms with van der Waals surface area (Å²) in [5.41, 5.74) is 0. The van der Waals surface area contributed by atoms with Crippen LogP contribution in [-0.4, -0.2) is 240 Å². The smallest absolute Gasteiger partial charge is 0.0894 e. The summed E-state index contributed by atoms with van der Waals surface area (Å²) >= 11 is 0. The van der Waals surface area contributed by atoms with Crippen LogP contribution in [0.3, 0.4) is 0 Å². The van der Waals surface area contributed by atoms with Crippen molar-refractivity contribution in [2.24, 2.45) is 53.3 Å². The molecule has 16 heterocycles. The summed E-state index contributed by atoms with van der Waals surface area (Å²) in [4.78, 5) is 0.